The van der Waals surface area contributed by atoms with Crippen LogP contribution in [0.3, 0.4) is 0 Å². The molecule has 0 bridgehead atoms. The first-order chi connectivity index (χ1) is 20.7. The number of benzene rings is 5. The summed E-state index contributed by atoms with van der Waals surface area (Å²) in [5.74, 6) is 0. The maximum absolute atomic E-state index is 3.76. The fraction of sp³-hybridized carbons (Fsp3) is 0.0556. The van der Waals surface area contributed by atoms with E-state index in [0.717, 1.165) is 0 Å². The maximum atomic E-state index is 3.76. The van der Waals surface area contributed by atoms with Crippen LogP contribution >= 0.6 is 23.5 Å². The molecule has 0 radical (unpaired) electrons. The van der Waals surface area contributed by atoms with Gasteiger partial charge in [0.25, 0.3) is 0 Å². The summed E-state index contributed by atoms with van der Waals surface area (Å²) < 4.78 is 0. The molecule has 42 heavy (non-hydrogen) atoms. The molecule has 2 aromatic heterocycles. The summed E-state index contributed by atoms with van der Waals surface area (Å²) >= 11 is 3.77. The second-order valence-electron chi connectivity index (χ2n) is 10.9. The number of rotatable bonds is 4. The maximum Gasteiger partial charge on any atom is 0.103 e. The minimum absolute atomic E-state index is 0.214. The van der Waals surface area contributed by atoms with Crippen molar-refractivity contribution in [2.45, 2.75) is 20.5 Å². The minimum atomic E-state index is 0.214. The van der Waals surface area contributed by atoms with Gasteiger partial charge in [-0.05, 0) is 111 Å². The van der Waals surface area contributed by atoms with Gasteiger partial charge in [-0.1, -0.05) is 66.0 Å². The Morgan fingerprint density at radius 2 is 0.952 bits per heavy atom. The molecule has 2 aliphatic heterocycles. The third-order valence-corrected chi connectivity index (χ3v) is 10.8. The number of H-pyrrole nitrogens is 2. The predicted molar refractivity (Wildman–Crippen MR) is 178 cm³/mol. The Kier molecular flexibility index (Phi) is 5.46. The highest BCUT2D eigenvalue weighted by molar-refractivity contribution is 8.00. The standard InChI is InChI=1S/C36H26N4S2/c1-2-21(23-6-10-33-31(19-23)39-35(41-33)27-4-8-29-25(17-27)12-14-37-29)16-22(3-1)24-7-11-34-32(20-24)40-36(42-34)28-5-9-30-26(18-28)13-15-38-30/h1-20,35-40H. The monoisotopic (exact) mass is 578 g/mol. The molecule has 2 unspecified atom stereocenters. The Hall–Kier alpha value is -4.52. The molecule has 0 saturated heterocycles. The van der Waals surface area contributed by atoms with Crippen molar-refractivity contribution in [3.8, 4) is 22.3 Å². The highest BCUT2D eigenvalue weighted by Gasteiger charge is 2.25. The normalized spacial score (nSPS) is 17.2. The van der Waals surface area contributed by atoms with Crippen molar-refractivity contribution >= 4 is 56.7 Å². The van der Waals surface area contributed by atoms with Gasteiger partial charge in [-0.15, -0.1) is 0 Å². The summed E-state index contributed by atoms with van der Waals surface area (Å²) in [6.07, 6.45) is 4.00. The summed E-state index contributed by atoms with van der Waals surface area (Å²) in [6, 6.07) is 40.1. The van der Waals surface area contributed by atoms with E-state index in [-0.39, 0.29) is 10.7 Å². The van der Waals surface area contributed by atoms with Crippen LogP contribution in [-0.4, -0.2) is 9.97 Å². The molecule has 0 fully saturated rings. The van der Waals surface area contributed by atoms with E-state index in [9.17, 15) is 0 Å². The van der Waals surface area contributed by atoms with Gasteiger partial charge in [0.1, 0.15) is 10.7 Å². The number of aromatic amines is 2. The van der Waals surface area contributed by atoms with E-state index in [1.54, 1.807) is 0 Å². The molecule has 2 aliphatic rings. The highest BCUT2D eigenvalue weighted by Crippen LogP contribution is 2.49. The smallest absolute Gasteiger partial charge is 0.103 e. The van der Waals surface area contributed by atoms with Crippen LogP contribution in [0.2, 0.25) is 0 Å². The largest absolute Gasteiger partial charge is 0.368 e. The molecule has 4 N–H and O–H groups in total. The molecule has 7 aromatic rings. The van der Waals surface area contributed by atoms with Gasteiger partial charge >= 0.3 is 0 Å². The molecule has 5 aromatic carbocycles. The fourth-order valence-corrected chi connectivity index (χ4v) is 8.32. The average Bonchev–Trinajstić information content (AvgIpc) is 3.84. The van der Waals surface area contributed by atoms with Crippen molar-refractivity contribution in [1.29, 1.82) is 0 Å². The lowest BCUT2D eigenvalue weighted by Crippen LogP contribution is -2.00. The molecular formula is C36H26N4S2. The second kappa shape index (κ2) is 9.51. The molecule has 0 amide bonds. The van der Waals surface area contributed by atoms with Crippen LogP contribution in [0.25, 0.3) is 44.1 Å². The van der Waals surface area contributed by atoms with Gasteiger partial charge in [0, 0.05) is 44.6 Å². The van der Waals surface area contributed by atoms with Crippen molar-refractivity contribution < 1.29 is 0 Å². The molecule has 202 valence electrons. The topological polar surface area (TPSA) is 55.6 Å². The molecule has 2 atom stereocenters. The molecule has 9 rings (SSSR count). The molecule has 4 nitrogen and oxygen atoms in total. The van der Waals surface area contributed by atoms with E-state index in [0.29, 0.717) is 0 Å². The lowest BCUT2D eigenvalue weighted by Gasteiger charge is -2.12. The number of fused-ring (bicyclic) bond motifs is 4. The molecule has 0 saturated carbocycles. The van der Waals surface area contributed by atoms with Crippen LogP contribution in [0.4, 0.5) is 11.4 Å². The minimum Gasteiger partial charge on any atom is -0.368 e. The Morgan fingerprint density at radius 1 is 0.452 bits per heavy atom. The zero-order valence-electron chi connectivity index (χ0n) is 22.5. The van der Waals surface area contributed by atoms with Crippen molar-refractivity contribution in [3.05, 3.63) is 133 Å². The summed E-state index contributed by atoms with van der Waals surface area (Å²) in [5.41, 5.74) is 12.2. The van der Waals surface area contributed by atoms with Gasteiger partial charge in [0.05, 0.1) is 0 Å². The van der Waals surface area contributed by atoms with Gasteiger partial charge in [-0.3, -0.25) is 0 Å². The van der Waals surface area contributed by atoms with Gasteiger partial charge in [0.15, 0.2) is 0 Å². The SMILES string of the molecule is c1cc(-c2ccc3c(c2)NC(c2ccc4[nH]ccc4c2)S3)cc(-c2ccc3c(c2)NC(c2ccc4[nH]ccc4c2)S3)c1. The molecule has 6 heteroatoms. The Morgan fingerprint density at radius 3 is 1.48 bits per heavy atom. The van der Waals surface area contributed by atoms with Gasteiger partial charge in [-0.2, -0.15) is 0 Å². The highest BCUT2D eigenvalue weighted by atomic mass is 32.2. The van der Waals surface area contributed by atoms with Crippen LogP contribution in [0.15, 0.2) is 131 Å². The zero-order chi connectivity index (χ0) is 27.6. The summed E-state index contributed by atoms with van der Waals surface area (Å²) in [4.78, 5) is 9.16. The Bertz CT molecular complexity index is 1990. The van der Waals surface area contributed by atoms with Crippen LogP contribution < -0.4 is 10.6 Å². The fourth-order valence-electron chi connectivity index (χ4n) is 6.10. The third kappa shape index (κ3) is 4.10. The first-order valence-corrected chi connectivity index (χ1v) is 15.9. The Labute approximate surface area is 252 Å². The van der Waals surface area contributed by atoms with E-state index >= 15 is 0 Å². The van der Waals surface area contributed by atoms with Crippen LogP contribution in [0.1, 0.15) is 21.9 Å². The first-order valence-electron chi connectivity index (χ1n) is 14.1. The quantitative estimate of drug-likeness (QED) is 0.168. The number of anilines is 2. The van der Waals surface area contributed by atoms with Crippen LogP contribution in [0, 0.1) is 0 Å². The molecular weight excluding hydrogens is 553 g/mol. The third-order valence-electron chi connectivity index (χ3n) is 8.31. The number of hydrogen-bond acceptors (Lipinski definition) is 4. The molecule has 4 heterocycles. The van der Waals surface area contributed by atoms with E-state index in [1.165, 1.54) is 76.4 Å². The number of hydrogen-bond donors (Lipinski definition) is 4. The Balaban J connectivity index is 0.965. The lowest BCUT2D eigenvalue weighted by molar-refractivity contribution is 1.14. The first kappa shape index (κ1) is 24.1. The van der Waals surface area contributed by atoms with E-state index in [2.05, 4.69) is 130 Å². The summed E-state index contributed by atoms with van der Waals surface area (Å²) in [7, 11) is 0. The van der Waals surface area contributed by atoms with Gasteiger partial charge < -0.3 is 20.6 Å². The number of nitrogens with one attached hydrogen (secondary N) is 4. The van der Waals surface area contributed by atoms with Gasteiger partial charge in [0.2, 0.25) is 0 Å². The lowest BCUT2D eigenvalue weighted by atomic mass is 9.98. The summed E-state index contributed by atoms with van der Waals surface area (Å²) in [5, 5.41) is 10.4. The van der Waals surface area contributed by atoms with Crippen LogP contribution in [0.5, 0.6) is 0 Å². The molecule has 0 aliphatic carbocycles. The predicted octanol–water partition coefficient (Wildman–Crippen LogP) is 10.4. The van der Waals surface area contributed by atoms with Crippen molar-refractivity contribution in [1.82, 2.24) is 9.97 Å². The van der Waals surface area contributed by atoms with Crippen molar-refractivity contribution in [2.75, 3.05) is 10.6 Å². The molecule has 0 spiro atoms. The zero-order valence-corrected chi connectivity index (χ0v) is 24.2. The second-order valence-corrected chi connectivity index (χ2v) is 13.2. The van der Waals surface area contributed by atoms with Crippen LogP contribution in [-0.2, 0) is 0 Å². The van der Waals surface area contributed by atoms with Crippen molar-refractivity contribution in [2.24, 2.45) is 0 Å². The average molecular weight is 579 g/mol. The van der Waals surface area contributed by atoms with Gasteiger partial charge in [-0.25, -0.2) is 0 Å². The number of thioether (sulfide) groups is 2. The van der Waals surface area contributed by atoms with E-state index < -0.39 is 0 Å². The van der Waals surface area contributed by atoms with E-state index in [4.69, 9.17) is 0 Å². The van der Waals surface area contributed by atoms with Crippen molar-refractivity contribution in [3.63, 3.8) is 0 Å². The number of aromatic nitrogens is 2. The van der Waals surface area contributed by atoms with E-state index in [1.807, 2.05) is 35.9 Å². The summed E-state index contributed by atoms with van der Waals surface area (Å²) in [6.45, 7) is 0.